The largest absolute Gasteiger partial charge is 0.396 e. The maximum atomic E-state index is 13.4. The van der Waals surface area contributed by atoms with Crippen LogP contribution in [0.3, 0.4) is 0 Å². The van der Waals surface area contributed by atoms with Crippen LogP contribution < -0.4 is 5.32 Å². The maximum Gasteiger partial charge on any atom is 0.126 e. The summed E-state index contributed by atoms with van der Waals surface area (Å²) in [5.74, 6) is 0.307. The fraction of sp³-hybridized carbons (Fsp3) is 0.429. The third-order valence-electron chi connectivity index (χ3n) is 5.08. The fourth-order valence-electron chi connectivity index (χ4n) is 3.41. The van der Waals surface area contributed by atoms with Crippen molar-refractivity contribution in [2.24, 2.45) is 5.92 Å². The molecular weight excluding hydrogens is 315 g/mol. The number of piperidine rings is 1. The molecule has 3 nitrogen and oxygen atoms in total. The van der Waals surface area contributed by atoms with Gasteiger partial charge in [-0.1, -0.05) is 30.3 Å². The van der Waals surface area contributed by atoms with Gasteiger partial charge in [-0.05, 0) is 67.6 Å². The Kier molecular flexibility index (Phi) is 6.05. The van der Waals surface area contributed by atoms with E-state index in [9.17, 15) is 9.50 Å². The molecule has 0 unspecified atom stereocenters. The fourth-order valence-corrected chi connectivity index (χ4v) is 3.41. The number of halogens is 1. The van der Waals surface area contributed by atoms with Gasteiger partial charge in [0.25, 0.3) is 0 Å². The quantitative estimate of drug-likeness (QED) is 0.834. The normalized spacial score (nSPS) is 16.1. The van der Waals surface area contributed by atoms with Crippen molar-refractivity contribution in [3.63, 3.8) is 0 Å². The van der Waals surface area contributed by atoms with Crippen LogP contribution in [0.25, 0.3) is 0 Å². The van der Waals surface area contributed by atoms with Crippen molar-refractivity contribution in [3.05, 3.63) is 65.0 Å². The Morgan fingerprint density at radius 1 is 1.16 bits per heavy atom. The van der Waals surface area contributed by atoms with E-state index in [0.29, 0.717) is 24.6 Å². The van der Waals surface area contributed by atoms with E-state index in [4.69, 9.17) is 0 Å². The molecule has 25 heavy (non-hydrogen) atoms. The van der Waals surface area contributed by atoms with Crippen LogP contribution in [-0.4, -0.2) is 29.7 Å². The number of para-hydroxylation sites is 1. The smallest absolute Gasteiger partial charge is 0.126 e. The molecule has 1 aliphatic rings. The minimum Gasteiger partial charge on any atom is -0.396 e. The van der Waals surface area contributed by atoms with Crippen molar-refractivity contribution in [2.75, 3.05) is 25.0 Å². The Balaban J connectivity index is 1.61. The van der Waals surface area contributed by atoms with E-state index in [2.05, 4.69) is 28.4 Å². The topological polar surface area (TPSA) is 35.5 Å². The second kappa shape index (κ2) is 8.45. The second-order valence-corrected chi connectivity index (χ2v) is 7.00. The maximum absolute atomic E-state index is 13.4. The van der Waals surface area contributed by atoms with E-state index in [0.717, 1.165) is 43.7 Å². The third-order valence-corrected chi connectivity index (χ3v) is 5.08. The Labute approximate surface area is 149 Å². The minimum absolute atomic E-state index is 0.157. The predicted octanol–water partition coefficient (Wildman–Crippen LogP) is 3.95. The molecule has 134 valence electrons. The first-order valence-corrected chi connectivity index (χ1v) is 9.05. The number of aliphatic hydroxyl groups excluding tert-OH is 1. The highest BCUT2D eigenvalue weighted by Gasteiger charge is 2.19. The number of benzene rings is 2. The first kappa shape index (κ1) is 17.9. The summed E-state index contributed by atoms with van der Waals surface area (Å²) in [5, 5.41) is 12.8. The molecule has 1 aliphatic heterocycles. The summed E-state index contributed by atoms with van der Waals surface area (Å²) in [6.07, 6.45) is 2.14. The lowest BCUT2D eigenvalue weighted by Crippen LogP contribution is -2.34. The number of nitrogens with zero attached hydrogens (tertiary/aromatic N) is 1. The summed E-state index contributed by atoms with van der Waals surface area (Å²) >= 11 is 0. The standard InChI is InChI=1S/C21H27FN2O/c1-16-12-18(6-7-20(16)22)13-23-21-5-3-2-4-19(21)14-24-10-8-17(15-25)9-11-24/h2-7,12,17,23,25H,8-11,13-15H2,1H3. The van der Waals surface area contributed by atoms with Gasteiger partial charge in [-0.3, -0.25) is 4.90 Å². The van der Waals surface area contributed by atoms with Crippen molar-refractivity contribution in [3.8, 4) is 0 Å². The van der Waals surface area contributed by atoms with E-state index in [1.54, 1.807) is 6.92 Å². The number of likely N-dealkylation sites (tertiary alicyclic amines) is 1. The molecule has 0 radical (unpaired) electrons. The van der Waals surface area contributed by atoms with Crippen molar-refractivity contribution >= 4 is 5.69 Å². The molecule has 0 aromatic heterocycles. The van der Waals surface area contributed by atoms with Gasteiger partial charge < -0.3 is 10.4 Å². The molecule has 4 heteroatoms. The SMILES string of the molecule is Cc1cc(CNc2ccccc2CN2CCC(CO)CC2)ccc1F. The molecule has 1 fully saturated rings. The zero-order valence-corrected chi connectivity index (χ0v) is 14.8. The molecule has 3 rings (SSSR count). The van der Waals surface area contributed by atoms with Gasteiger partial charge in [-0.25, -0.2) is 4.39 Å². The Hall–Kier alpha value is -1.91. The average molecular weight is 342 g/mol. The number of aliphatic hydroxyl groups is 1. The predicted molar refractivity (Wildman–Crippen MR) is 100.0 cm³/mol. The summed E-state index contributed by atoms with van der Waals surface area (Å²) in [6, 6.07) is 13.6. The van der Waals surface area contributed by atoms with Crippen LogP contribution in [0.5, 0.6) is 0 Å². The highest BCUT2D eigenvalue weighted by molar-refractivity contribution is 5.51. The van der Waals surface area contributed by atoms with Crippen molar-refractivity contribution in [2.45, 2.75) is 32.9 Å². The summed E-state index contributed by atoms with van der Waals surface area (Å²) in [4.78, 5) is 2.45. The van der Waals surface area contributed by atoms with E-state index in [1.165, 1.54) is 11.6 Å². The molecule has 0 atom stereocenters. The van der Waals surface area contributed by atoms with Gasteiger partial charge in [0.05, 0.1) is 0 Å². The zero-order valence-electron chi connectivity index (χ0n) is 14.8. The summed E-state index contributed by atoms with van der Waals surface area (Å²) in [5.41, 5.74) is 4.18. The van der Waals surface area contributed by atoms with Crippen molar-refractivity contribution < 1.29 is 9.50 Å². The molecule has 0 aliphatic carbocycles. The molecule has 0 spiro atoms. The van der Waals surface area contributed by atoms with Gasteiger partial charge >= 0.3 is 0 Å². The molecule has 0 amide bonds. The second-order valence-electron chi connectivity index (χ2n) is 7.00. The lowest BCUT2D eigenvalue weighted by Gasteiger charge is -2.31. The molecule has 2 aromatic carbocycles. The molecule has 2 aromatic rings. The Morgan fingerprint density at radius 2 is 1.92 bits per heavy atom. The van der Waals surface area contributed by atoms with Gasteiger partial charge in [-0.2, -0.15) is 0 Å². The highest BCUT2D eigenvalue weighted by Crippen LogP contribution is 2.22. The van der Waals surface area contributed by atoms with Gasteiger partial charge in [0.2, 0.25) is 0 Å². The minimum atomic E-state index is -0.157. The van der Waals surface area contributed by atoms with Crippen LogP contribution >= 0.6 is 0 Å². The van der Waals surface area contributed by atoms with Crippen LogP contribution in [0, 0.1) is 18.7 Å². The van der Waals surface area contributed by atoms with Gasteiger partial charge in [0.15, 0.2) is 0 Å². The van der Waals surface area contributed by atoms with E-state index < -0.39 is 0 Å². The van der Waals surface area contributed by atoms with Crippen molar-refractivity contribution in [1.82, 2.24) is 4.90 Å². The summed E-state index contributed by atoms with van der Waals surface area (Å²) < 4.78 is 13.4. The number of hydrogen-bond donors (Lipinski definition) is 2. The Morgan fingerprint density at radius 3 is 2.64 bits per heavy atom. The number of hydrogen-bond acceptors (Lipinski definition) is 3. The first-order valence-electron chi connectivity index (χ1n) is 9.05. The Bertz CT molecular complexity index is 696. The molecule has 2 N–H and O–H groups in total. The van der Waals surface area contributed by atoms with E-state index in [-0.39, 0.29) is 5.82 Å². The molecule has 0 saturated carbocycles. The lowest BCUT2D eigenvalue weighted by molar-refractivity contribution is 0.127. The monoisotopic (exact) mass is 342 g/mol. The molecular formula is C21H27FN2O. The number of rotatable bonds is 6. The lowest BCUT2D eigenvalue weighted by atomic mass is 9.97. The van der Waals surface area contributed by atoms with Crippen LogP contribution in [0.1, 0.15) is 29.5 Å². The summed E-state index contributed by atoms with van der Waals surface area (Å²) in [6.45, 7) is 5.79. The van der Waals surface area contributed by atoms with Crippen molar-refractivity contribution in [1.29, 1.82) is 0 Å². The van der Waals surface area contributed by atoms with Gasteiger partial charge in [-0.15, -0.1) is 0 Å². The van der Waals surface area contributed by atoms with Crippen LogP contribution in [0.2, 0.25) is 0 Å². The van der Waals surface area contributed by atoms with Gasteiger partial charge in [0.1, 0.15) is 5.82 Å². The highest BCUT2D eigenvalue weighted by atomic mass is 19.1. The number of aryl methyl sites for hydroxylation is 1. The molecule has 1 saturated heterocycles. The van der Waals surface area contributed by atoms with E-state index >= 15 is 0 Å². The van der Waals surface area contributed by atoms with Crippen LogP contribution in [-0.2, 0) is 13.1 Å². The zero-order chi connectivity index (χ0) is 17.6. The molecule has 1 heterocycles. The molecule has 0 bridgehead atoms. The van der Waals surface area contributed by atoms with E-state index in [1.807, 2.05) is 18.2 Å². The first-order chi connectivity index (χ1) is 12.2. The number of anilines is 1. The number of nitrogens with one attached hydrogen (secondary N) is 1. The third kappa shape index (κ3) is 4.80. The van der Waals surface area contributed by atoms with Gasteiger partial charge in [0, 0.05) is 25.4 Å². The van der Waals surface area contributed by atoms with Crippen LogP contribution in [0.4, 0.5) is 10.1 Å². The average Bonchev–Trinajstić information content (AvgIpc) is 2.64. The summed E-state index contributed by atoms with van der Waals surface area (Å²) in [7, 11) is 0. The van der Waals surface area contributed by atoms with Crippen LogP contribution in [0.15, 0.2) is 42.5 Å².